The second-order valence-electron chi connectivity index (χ2n) is 8.07. The molecular formula is C27H33N3O7. The van der Waals surface area contributed by atoms with E-state index in [1.54, 1.807) is 30.8 Å². The van der Waals surface area contributed by atoms with Crippen molar-refractivity contribution in [3.05, 3.63) is 64.1 Å². The predicted molar refractivity (Wildman–Crippen MR) is 139 cm³/mol. The molecule has 198 valence electrons. The molecule has 0 aliphatic carbocycles. The highest BCUT2D eigenvalue weighted by Crippen LogP contribution is 2.39. The Labute approximate surface area is 215 Å². The van der Waals surface area contributed by atoms with Gasteiger partial charge in [-0.15, -0.1) is 0 Å². The van der Waals surface area contributed by atoms with E-state index in [1.807, 2.05) is 39.0 Å². The van der Waals surface area contributed by atoms with Gasteiger partial charge in [0.05, 0.1) is 36.8 Å². The van der Waals surface area contributed by atoms with Crippen molar-refractivity contribution in [2.45, 2.75) is 40.7 Å². The Bertz CT molecular complexity index is 1280. The average Bonchev–Trinajstić information content (AvgIpc) is 3.09. The molecule has 1 atom stereocenters. The number of benzene rings is 2. The quantitative estimate of drug-likeness (QED) is 0.389. The first kappa shape index (κ1) is 27.4. The smallest absolute Gasteiger partial charge is 0.339 e. The van der Waals surface area contributed by atoms with Gasteiger partial charge >= 0.3 is 5.97 Å². The minimum atomic E-state index is -1.19. The summed E-state index contributed by atoms with van der Waals surface area (Å²) in [6.07, 6.45) is -1.19. The fraction of sp³-hybridized carbons (Fsp3) is 0.370. The second-order valence-corrected chi connectivity index (χ2v) is 8.07. The third-order valence-corrected chi connectivity index (χ3v) is 5.60. The van der Waals surface area contributed by atoms with Crippen molar-refractivity contribution < 1.29 is 28.5 Å². The lowest BCUT2D eigenvalue weighted by Gasteiger charge is -2.18. The number of nitrogens with zero attached hydrogens (tertiary/aromatic N) is 2. The van der Waals surface area contributed by atoms with Crippen LogP contribution in [0, 0.1) is 6.92 Å². The first-order valence-corrected chi connectivity index (χ1v) is 12.2. The molecule has 0 saturated carbocycles. The van der Waals surface area contributed by atoms with Crippen LogP contribution >= 0.6 is 0 Å². The standard InChI is InChI=1S/C27H33N3O7/c1-7-34-21-15-19(16-22(35-8-2)24(21)36-9-3)27(33)37-18(5)25(31)28-23-17(4)29(6)30(26(23)32)20-13-11-10-12-14-20/h10-16,18H,7-9H2,1-6H3,(H,28,31). The van der Waals surface area contributed by atoms with Crippen molar-refractivity contribution in [2.24, 2.45) is 7.05 Å². The van der Waals surface area contributed by atoms with Gasteiger partial charge in [-0.3, -0.25) is 14.3 Å². The number of amides is 1. The minimum Gasteiger partial charge on any atom is -0.490 e. The zero-order valence-corrected chi connectivity index (χ0v) is 22.0. The molecule has 0 saturated heterocycles. The van der Waals surface area contributed by atoms with Gasteiger partial charge in [-0.1, -0.05) is 18.2 Å². The largest absolute Gasteiger partial charge is 0.490 e. The lowest BCUT2D eigenvalue weighted by Crippen LogP contribution is -2.32. The summed E-state index contributed by atoms with van der Waals surface area (Å²) in [4.78, 5) is 38.9. The van der Waals surface area contributed by atoms with Crippen LogP contribution < -0.4 is 25.1 Å². The molecule has 0 spiro atoms. The van der Waals surface area contributed by atoms with Crippen molar-refractivity contribution in [3.8, 4) is 22.9 Å². The molecule has 1 N–H and O–H groups in total. The van der Waals surface area contributed by atoms with E-state index in [4.69, 9.17) is 18.9 Å². The van der Waals surface area contributed by atoms with Gasteiger partial charge in [0.1, 0.15) is 5.69 Å². The summed E-state index contributed by atoms with van der Waals surface area (Å²) in [6.45, 7) is 9.68. The lowest BCUT2D eigenvalue weighted by molar-refractivity contribution is -0.123. The first-order valence-electron chi connectivity index (χ1n) is 12.2. The van der Waals surface area contributed by atoms with Crippen LogP contribution in [0.3, 0.4) is 0 Å². The summed E-state index contributed by atoms with van der Waals surface area (Å²) >= 11 is 0. The molecule has 1 heterocycles. The predicted octanol–water partition coefficient (Wildman–Crippen LogP) is 3.86. The summed E-state index contributed by atoms with van der Waals surface area (Å²) in [5.41, 5.74) is 1.06. The number of esters is 1. The molecule has 3 aromatic rings. The van der Waals surface area contributed by atoms with E-state index in [0.717, 1.165) is 0 Å². The summed E-state index contributed by atoms with van der Waals surface area (Å²) < 4.78 is 25.5. The molecule has 1 aromatic heterocycles. The van der Waals surface area contributed by atoms with E-state index < -0.39 is 23.5 Å². The Morgan fingerprint density at radius 3 is 2.05 bits per heavy atom. The topological polar surface area (TPSA) is 110 Å². The van der Waals surface area contributed by atoms with Gasteiger partial charge < -0.3 is 24.3 Å². The maximum absolute atomic E-state index is 13.1. The minimum absolute atomic E-state index is 0.109. The molecule has 2 aromatic carbocycles. The Hall–Kier alpha value is -4.21. The molecule has 1 amide bonds. The molecule has 0 bridgehead atoms. The normalized spacial score (nSPS) is 11.5. The third-order valence-electron chi connectivity index (χ3n) is 5.60. The van der Waals surface area contributed by atoms with Gasteiger partial charge in [0.25, 0.3) is 11.5 Å². The molecular weight excluding hydrogens is 478 g/mol. The van der Waals surface area contributed by atoms with E-state index >= 15 is 0 Å². The van der Waals surface area contributed by atoms with Gasteiger partial charge in [-0.2, -0.15) is 0 Å². The SMILES string of the molecule is CCOc1cc(C(=O)OC(C)C(=O)Nc2c(C)n(C)n(-c3ccccc3)c2=O)cc(OCC)c1OCC. The number of rotatable bonds is 11. The van der Waals surface area contributed by atoms with Crippen molar-refractivity contribution in [3.63, 3.8) is 0 Å². The number of aromatic nitrogens is 2. The number of anilines is 1. The third kappa shape index (κ3) is 5.96. The zero-order valence-electron chi connectivity index (χ0n) is 22.0. The molecule has 1 unspecified atom stereocenters. The van der Waals surface area contributed by atoms with E-state index in [1.165, 1.54) is 23.7 Å². The van der Waals surface area contributed by atoms with E-state index in [2.05, 4.69) is 5.32 Å². The van der Waals surface area contributed by atoms with Crippen molar-refractivity contribution in [1.29, 1.82) is 0 Å². The number of hydrogen-bond donors (Lipinski definition) is 1. The number of carbonyl (C=O) groups is 2. The van der Waals surface area contributed by atoms with E-state index in [9.17, 15) is 14.4 Å². The van der Waals surface area contributed by atoms with Gasteiger partial charge in [0, 0.05) is 7.05 Å². The summed E-state index contributed by atoms with van der Waals surface area (Å²) in [6, 6.07) is 12.1. The van der Waals surface area contributed by atoms with Crippen LogP contribution in [0.1, 0.15) is 43.7 Å². The van der Waals surface area contributed by atoms with E-state index in [-0.39, 0.29) is 11.3 Å². The van der Waals surface area contributed by atoms with Crippen LogP contribution in [0.5, 0.6) is 17.2 Å². The second kappa shape index (κ2) is 12.2. The van der Waals surface area contributed by atoms with Crippen LogP contribution in [0.4, 0.5) is 5.69 Å². The maximum atomic E-state index is 13.1. The molecule has 0 aliphatic rings. The van der Waals surface area contributed by atoms with Gasteiger partial charge in [-0.05, 0) is 58.9 Å². The number of hydrogen-bond acceptors (Lipinski definition) is 7. The van der Waals surface area contributed by atoms with Crippen LogP contribution in [-0.2, 0) is 16.6 Å². The van der Waals surface area contributed by atoms with Gasteiger partial charge in [0.2, 0.25) is 5.75 Å². The van der Waals surface area contributed by atoms with Gasteiger partial charge in [0.15, 0.2) is 17.6 Å². The van der Waals surface area contributed by atoms with Crippen molar-refractivity contribution in [1.82, 2.24) is 9.36 Å². The van der Waals surface area contributed by atoms with Crippen molar-refractivity contribution >= 4 is 17.6 Å². The summed E-state index contributed by atoms with van der Waals surface area (Å²) in [5.74, 6) is -0.330. The lowest BCUT2D eigenvalue weighted by atomic mass is 10.1. The maximum Gasteiger partial charge on any atom is 0.339 e. The molecule has 10 heteroatoms. The van der Waals surface area contributed by atoms with Crippen LogP contribution in [0.2, 0.25) is 0 Å². The van der Waals surface area contributed by atoms with Crippen LogP contribution in [-0.4, -0.2) is 47.2 Å². The molecule has 0 fully saturated rings. The molecule has 0 radical (unpaired) electrons. The Morgan fingerprint density at radius 1 is 0.946 bits per heavy atom. The number of nitrogens with one attached hydrogen (secondary N) is 1. The number of carbonyl (C=O) groups excluding carboxylic acids is 2. The number of ether oxygens (including phenoxy) is 4. The monoisotopic (exact) mass is 511 g/mol. The summed E-state index contributed by atoms with van der Waals surface area (Å²) in [7, 11) is 1.72. The van der Waals surface area contributed by atoms with Crippen LogP contribution in [0.15, 0.2) is 47.3 Å². The van der Waals surface area contributed by atoms with E-state index in [0.29, 0.717) is 48.5 Å². The highest BCUT2D eigenvalue weighted by atomic mass is 16.6. The summed E-state index contributed by atoms with van der Waals surface area (Å²) in [5, 5.41) is 2.62. The van der Waals surface area contributed by atoms with Gasteiger partial charge in [-0.25, -0.2) is 9.48 Å². The number of para-hydroxylation sites is 1. The molecule has 10 nitrogen and oxygen atoms in total. The van der Waals surface area contributed by atoms with Crippen molar-refractivity contribution in [2.75, 3.05) is 25.1 Å². The Balaban J connectivity index is 1.82. The molecule has 0 aliphatic heterocycles. The Kier molecular flexibility index (Phi) is 9.00. The zero-order chi connectivity index (χ0) is 27.1. The van der Waals surface area contributed by atoms with Crippen LogP contribution in [0.25, 0.3) is 5.69 Å². The average molecular weight is 512 g/mol. The first-order chi connectivity index (χ1) is 17.7. The highest BCUT2D eigenvalue weighted by Gasteiger charge is 2.25. The highest BCUT2D eigenvalue weighted by molar-refractivity contribution is 5.98. The molecule has 37 heavy (non-hydrogen) atoms. The fourth-order valence-corrected chi connectivity index (χ4v) is 3.73. The fourth-order valence-electron chi connectivity index (χ4n) is 3.73. The Morgan fingerprint density at radius 2 is 1.51 bits per heavy atom. The molecule has 3 rings (SSSR count).